The zero-order valence-electron chi connectivity index (χ0n) is 17.0. The topological polar surface area (TPSA) is 26.5 Å². The summed E-state index contributed by atoms with van der Waals surface area (Å²) in [5, 5.41) is 11.9. The average molecular weight is 463 g/mol. The molecule has 2 aliphatic heterocycles. The van der Waals surface area contributed by atoms with Crippen LogP contribution in [0, 0.1) is 0 Å². The van der Waals surface area contributed by atoms with Crippen LogP contribution in [0.4, 0.5) is 5.69 Å². The predicted molar refractivity (Wildman–Crippen MR) is 118 cm³/mol. The molecule has 0 saturated carbocycles. The van der Waals surface area contributed by atoms with Crippen molar-refractivity contribution in [1.29, 1.82) is 0 Å². The Morgan fingerprint density at radius 2 is 1.37 bits per heavy atom. The number of halogens is 1. The van der Waals surface area contributed by atoms with Gasteiger partial charge in [-0.2, -0.15) is 0 Å². The monoisotopic (exact) mass is 462 g/mol. The summed E-state index contributed by atoms with van der Waals surface area (Å²) in [7, 11) is 0. The summed E-state index contributed by atoms with van der Waals surface area (Å²) in [6.45, 7) is 1.46. The van der Waals surface area contributed by atoms with Crippen molar-refractivity contribution < 1.29 is 26.7 Å². The zero-order valence-corrected chi connectivity index (χ0v) is 18.6. The van der Waals surface area contributed by atoms with Crippen LogP contribution in [0.25, 0.3) is 11.1 Å². The molecule has 2 aliphatic rings. The Labute approximate surface area is 189 Å². The van der Waals surface area contributed by atoms with E-state index in [-0.39, 0.29) is 17.0 Å². The summed E-state index contributed by atoms with van der Waals surface area (Å²) in [5.41, 5.74) is 3.51. The van der Waals surface area contributed by atoms with Gasteiger partial charge in [-0.05, 0) is 42.5 Å². The van der Waals surface area contributed by atoms with Gasteiger partial charge >= 0.3 is 0 Å². The first-order valence-electron chi connectivity index (χ1n) is 10.6. The SMILES string of the molecule is OC1(c2ccc(-c3ccccc3)cc2)CN(c2ccccc2)C2=[N+]1CCCCC2.[Br-]. The lowest BCUT2D eigenvalue weighted by atomic mass is 9.98. The third-order valence-electron chi connectivity index (χ3n) is 6.25. The molecule has 0 radical (unpaired) electrons. The van der Waals surface area contributed by atoms with Gasteiger partial charge < -0.3 is 22.1 Å². The Hall–Kier alpha value is -2.43. The van der Waals surface area contributed by atoms with Crippen LogP contribution in [0.15, 0.2) is 84.9 Å². The standard InChI is InChI=1S/C26H27N2O.BrH/c29-26(23-17-15-22(16-18-23)21-10-4-1-5-11-21)20-27(24-12-6-2-7-13-24)25-14-8-3-9-19-28(25)26;/h1-2,4-7,10-13,15-18,29H,3,8-9,14,19-20H2;1H/q+1;/p-1. The summed E-state index contributed by atoms with van der Waals surface area (Å²) in [5.74, 6) is 1.25. The quantitative estimate of drug-likeness (QED) is 0.602. The first kappa shape index (κ1) is 20.8. The van der Waals surface area contributed by atoms with Crippen molar-refractivity contribution in [3.8, 4) is 11.1 Å². The summed E-state index contributed by atoms with van der Waals surface area (Å²) in [4.78, 5) is 2.32. The molecule has 154 valence electrons. The van der Waals surface area contributed by atoms with Gasteiger partial charge in [0.1, 0.15) is 5.69 Å². The number of aliphatic hydroxyl groups is 1. The molecule has 1 N–H and O–H groups in total. The highest BCUT2D eigenvalue weighted by Gasteiger charge is 2.51. The second-order valence-electron chi connectivity index (χ2n) is 8.06. The number of anilines is 1. The van der Waals surface area contributed by atoms with Crippen molar-refractivity contribution in [3.63, 3.8) is 0 Å². The third-order valence-corrected chi connectivity index (χ3v) is 6.25. The van der Waals surface area contributed by atoms with Crippen molar-refractivity contribution in [2.75, 3.05) is 18.0 Å². The van der Waals surface area contributed by atoms with Crippen LogP contribution >= 0.6 is 0 Å². The average Bonchev–Trinajstić information content (AvgIpc) is 2.93. The van der Waals surface area contributed by atoms with Crippen molar-refractivity contribution in [2.45, 2.75) is 31.4 Å². The van der Waals surface area contributed by atoms with E-state index in [9.17, 15) is 5.11 Å². The van der Waals surface area contributed by atoms with Gasteiger partial charge in [0, 0.05) is 12.0 Å². The third kappa shape index (κ3) is 3.70. The number of rotatable bonds is 3. The number of nitrogens with zero attached hydrogens (tertiary/aromatic N) is 2. The fourth-order valence-corrected chi connectivity index (χ4v) is 4.73. The number of benzene rings is 3. The summed E-state index contributed by atoms with van der Waals surface area (Å²) < 4.78 is 2.25. The molecular formula is C26H27BrN2O. The maximum absolute atomic E-state index is 11.9. The molecule has 3 aromatic rings. The van der Waals surface area contributed by atoms with Crippen molar-refractivity contribution in [2.24, 2.45) is 0 Å². The molecule has 0 aliphatic carbocycles. The molecule has 3 nitrogen and oxygen atoms in total. The second-order valence-corrected chi connectivity index (χ2v) is 8.06. The maximum atomic E-state index is 11.9. The van der Waals surface area contributed by atoms with E-state index in [1.807, 2.05) is 12.1 Å². The van der Waals surface area contributed by atoms with Crippen LogP contribution < -0.4 is 21.9 Å². The van der Waals surface area contributed by atoms with E-state index in [4.69, 9.17) is 0 Å². The smallest absolute Gasteiger partial charge is 0.271 e. The highest BCUT2D eigenvalue weighted by Crippen LogP contribution is 2.36. The Balaban J connectivity index is 0.00000218. The van der Waals surface area contributed by atoms with E-state index in [0.717, 1.165) is 30.6 Å². The van der Waals surface area contributed by atoms with Crippen LogP contribution in [-0.4, -0.2) is 28.6 Å². The molecule has 2 heterocycles. The van der Waals surface area contributed by atoms with Crippen LogP contribution in [0.5, 0.6) is 0 Å². The Kier molecular flexibility index (Phi) is 6.07. The first-order valence-corrected chi connectivity index (χ1v) is 10.6. The van der Waals surface area contributed by atoms with Crippen LogP contribution in [0.1, 0.15) is 31.2 Å². The first-order chi connectivity index (χ1) is 14.3. The normalized spacial score (nSPS) is 21.0. The van der Waals surface area contributed by atoms with Crippen LogP contribution in [0.3, 0.4) is 0 Å². The van der Waals surface area contributed by atoms with Crippen molar-refractivity contribution in [3.05, 3.63) is 90.5 Å². The van der Waals surface area contributed by atoms with E-state index in [2.05, 4.69) is 82.3 Å². The molecule has 3 aromatic carbocycles. The minimum Gasteiger partial charge on any atom is -1.00 e. The lowest BCUT2D eigenvalue weighted by molar-refractivity contribution is -0.658. The Bertz CT molecular complexity index is 1020. The number of hydrogen-bond donors (Lipinski definition) is 1. The van der Waals surface area contributed by atoms with Gasteiger partial charge in [-0.1, -0.05) is 72.8 Å². The zero-order chi connectivity index (χ0) is 19.7. The molecule has 0 saturated heterocycles. The molecule has 0 spiro atoms. The van der Waals surface area contributed by atoms with Crippen molar-refractivity contribution >= 4 is 11.5 Å². The highest BCUT2D eigenvalue weighted by atomic mass is 79.9. The fraction of sp³-hybridized carbons (Fsp3) is 0.269. The summed E-state index contributed by atoms with van der Waals surface area (Å²) >= 11 is 0. The van der Waals surface area contributed by atoms with Gasteiger partial charge in [0.15, 0.2) is 6.54 Å². The van der Waals surface area contributed by atoms with Crippen LogP contribution in [-0.2, 0) is 5.72 Å². The van der Waals surface area contributed by atoms with Gasteiger partial charge in [0.2, 0.25) is 0 Å². The molecule has 0 aromatic heterocycles. The van der Waals surface area contributed by atoms with Crippen LogP contribution in [0.2, 0.25) is 0 Å². The maximum Gasteiger partial charge on any atom is 0.271 e. The highest BCUT2D eigenvalue weighted by molar-refractivity contribution is 5.95. The van der Waals surface area contributed by atoms with Gasteiger partial charge in [0.05, 0.1) is 6.54 Å². The van der Waals surface area contributed by atoms with E-state index < -0.39 is 5.72 Å². The van der Waals surface area contributed by atoms with Crippen molar-refractivity contribution in [1.82, 2.24) is 0 Å². The second kappa shape index (κ2) is 8.75. The minimum absolute atomic E-state index is 0. The fourth-order valence-electron chi connectivity index (χ4n) is 4.73. The van der Waals surface area contributed by atoms with Gasteiger partial charge in [-0.15, -0.1) is 0 Å². The molecule has 0 bridgehead atoms. The molecule has 5 rings (SSSR count). The lowest BCUT2D eigenvalue weighted by Crippen LogP contribution is -3.00. The van der Waals surface area contributed by atoms with E-state index in [0.29, 0.717) is 6.54 Å². The van der Waals surface area contributed by atoms with Gasteiger partial charge in [-0.3, -0.25) is 0 Å². The summed E-state index contributed by atoms with van der Waals surface area (Å²) in [6.07, 6.45) is 4.53. The lowest BCUT2D eigenvalue weighted by Gasteiger charge is -2.24. The molecule has 1 unspecified atom stereocenters. The van der Waals surface area contributed by atoms with E-state index in [1.54, 1.807) is 0 Å². The predicted octanol–water partition coefficient (Wildman–Crippen LogP) is 2.01. The molecule has 0 fully saturated rings. The molecule has 4 heteroatoms. The minimum atomic E-state index is -0.995. The van der Waals surface area contributed by atoms with E-state index >= 15 is 0 Å². The molecule has 1 atom stereocenters. The van der Waals surface area contributed by atoms with E-state index in [1.165, 1.54) is 29.8 Å². The largest absolute Gasteiger partial charge is 1.00 e. The van der Waals surface area contributed by atoms with Gasteiger partial charge in [-0.25, -0.2) is 9.48 Å². The molecular weight excluding hydrogens is 436 g/mol. The van der Waals surface area contributed by atoms with Gasteiger partial charge in [0.25, 0.3) is 11.6 Å². The number of amidine groups is 1. The number of β-amino-alcohol motifs (C(OH)–C–C–N with tert-alkyl or cyclic N) is 1. The summed E-state index contributed by atoms with van der Waals surface area (Å²) in [6, 6.07) is 29.3. The number of hydrogen-bond acceptors (Lipinski definition) is 2. The molecule has 30 heavy (non-hydrogen) atoms. The number of para-hydroxylation sites is 1. The Morgan fingerprint density at radius 1 is 0.733 bits per heavy atom. The Morgan fingerprint density at radius 3 is 2.07 bits per heavy atom. The molecule has 0 amide bonds.